The molecular weight excluding hydrogens is 1270 g/mol. The van der Waals surface area contributed by atoms with Gasteiger partial charge in [0.1, 0.15) is 19.3 Å². The highest BCUT2D eigenvalue weighted by atomic mass is 31.2. The number of phosphoric ester groups is 2. The Morgan fingerprint density at radius 1 is 0.289 bits per heavy atom. The van der Waals surface area contributed by atoms with E-state index in [1.54, 1.807) is 0 Å². The zero-order valence-corrected chi connectivity index (χ0v) is 65.2. The lowest BCUT2D eigenvalue weighted by Crippen LogP contribution is -2.30. The van der Waals surface area contributed by atoms with Crippen molar-refractivity contribution in [1.29, 1.82) is 0 Å². The summed E-state index contributed by atoms with van der Waals surface area (Å²) in [5.41, 5.74) is 0. The zero-order valence-electron chi connectivity index (χ0n) is 63.4. The van der Waals surface area contributed by atoms with Gasteiger partial charge in [0.05, 0.1) is 26.4 Å². The van der Waals surface area contributed by atoms with Crippen molar-refractivity contribution in [2.75, 3.05) is 39.6 Å². The van der Waals surface area contributed by atoms with E-state index in [1.807, 2.05) is 0 Å². The summed E-state index contributed by atoms with van der Waals surface area (Å²) in [6.45, 7) is 9.70. The number of hydrogen-bond acceptors (Lipinski definition) is 15. The highest BCUT2D eigenvalue weighted by Gasteiger charge is 2.30. The van der Waals surface area contributed by atoms with Gasteiger partial charge in [0.25, 0.3) is 0 Å². The van der Waals surface area contributed by atoms with Gasteiger partial charge >= 0.3 is 39.5 Å². The molecule has 0 fully saturated rings. The van der Waals surface area contributed by atoms with Crippen molar-refractivity contribution in [1.82, 2.24) is 0 Å². The van der Waals surface area contributed by atoms with E-state index in [2.05, 4.69) is 41.5 Å². The second kappa shape index (κ2) is 69.8. The van der Waals surface area contributed by atoms with Crippen LogP contribution in [0.3, 0.4) is 0 Å². The van der Waals surface area contributed by atoms with Gasteiger partial charge in [-0.05, 0) is 37.5 Å². The quantitative estimate of drug-likeness (QED) is 0.0222. The topological polar surface area (TPSA) is 237 Å². The first-order chi connectivity index (χ1) is 46.9. The van der Waals surface area contributed by atoms with Crippen LogP contribution in [0.2, 0.25) is 0 Å². The molecule has 0 heterocycles. The highest BCUT2D eigenvalue weighted by Crippen LogP contribution is 2.45. The molecule has 0 saturated carbocycles. The second-order valence-corrected chi connectivity index (χ2v) is 31.5. The molecule has 0 aliphatic carbocycles. The predicted octanol–water partition coefficient (Wildman–Crippen LogP) is 23.1. The first-order valence-electron chi connectivity index (χ1n) is 40.6. The number of esters is 4. The molecule has 19 heteroatoms. The molecule has 0 aromatic carbocycles. The molecule has 17 nitrogen and oxygen atoms in total. The van der Waals surface area contributed by atoms with Gasteiger partial charge in [-0.15, -0.1) is 0 Å². The van der Waals surface area contributed by atoms with E-state index < -0.39 is 97.5 Å². The largest absolute Gasteiger partial charge is 0.472 e. The fraction of sp³-hybridized carbons (Fsp3) is 0.949. The molecule has 97 heavy (non-hydrogen) atoms. The van der Waals surface area contributed by atoms with Crippen molar-refractivity contribution >= 4 is 39.5 Å². The lowest BCUT2D eigenvalue weighted by Gasteiger charge is -2.21. The first kappa shape index (κ1) is 95.1. The zero-order chi connectivity index (χ0) is 71.4. The molecular formula is C78H152O17P2. The molecule has 576 valence electrons. The van der Waals surface area contributed by atoms with Gasteiger partial charge in [0.2, 0.25) is 0 Å². The van der Waals surface area contributed by atoms with Gasteiger partial charge < -0.3 is 33.8 Å². The van der Waals surface area contributed by atoms with Crippen LogP contribution in [0.4, 0.5) is 0 Å². The summed E-state index contributed by atoms with van der Waals surface area (Å²) in [6, 6.07) is 0. The number of phosphoric acid groups is 2. The fourth-order valence-corrected chi connectivity index (χ4v) is 13.5. The molecule has 0 aromatic heterocycles. The molecule has 0 amide bonds. The third-order valence-electron chi connectivity index (χ3n) is 18.9. The lowest BCUT2D eigenvalue weighted by molar-refractivity contribution is -0.161. The Morgan fingerprint density at radius 2 is 0.495 bits per heavy atom. The highest BCUT2D eigenvalue weighted by molar-refractivity contribution is 7.47. The standard InChI is InChI=1S/C78H152O17P2/c1-7-11-13-15-17-19-21-22-26-30-38-44-50-56-62-77(82)94-73(66-88-75(80)60-54-48-42-36-28-20-18-16-14-12-8-2)68-92-96(84,85)90-64-72(79)65-91-97(86,87)93-69-74(67-89-76(81)61-55-49-43-37-33-32-35-41-47-53-59-71(6)10-4)95-78(83)63-57-51-45-39-31-27-24-23-25-29-34-40-46-52-58-70(5)9-3/h70-74,79H,7-69H2,1-6H3,(H,84,85)(H,86,87)/t70?,71?,72-,73+,74+/m0/s1. The van der Waals surface area contributed by atoms with Crippen molar-refractivity contribution in [3.63, 3.8) is 0 Å². The average molecular weight is 1420 g/mol. The Hall–Kier alpha value is -1.94. The molecule has 4 unspecified atom stereocenters. The summed E-state index contributed by atoms with van der Waals surface area (Å²) in [6.07, 6.45) is 57.9. The van der Waals surface area contributed by atoms with Crippen molar-refractivity contribution in [3.05, 3.63) is 0 Å². The van der Waals surface area contributed by atoms with Crippen LogP contribution in [0.1, 0.15) is 408 Å². The first-order valence-corrected chi connectivity index (χ1v) is 43.6. The monoisotopic (exact) mass is 1420 g/mol. The number of unbranched alkanes of at least 4 members (excludes halogenated alkanes) is 45. The maximum atomic E-state index is 13.1. The average Bonchev–Trinajstić information content (AvgIpc) is 1.77. The van der Waals surface area contributed by atoms with Crippen molar-refractivity contribution < 1.29 is 80.2 Å². The molecule has 0 rings (SSSR count). The summed E-state index contributed by atoms with van der Waals surface area (Å²) < 4.78 is 68.6. The lowest BCUT2D eigenvalue weighted by atomic mass is 9.99. The molecule has 0 bridgehead atoms. The number of ether oxygens (including phenoxy) is 4. The Morgan fingerprint density at radius 3 is 0.732 bits per heavy atom. The van der Waals surface area contributed by atoms with Gasteiger partial charge in [-0.1, -0.05) is 356 Å². The Labute approximate surface area is 594 Å². The van der Waals surface area contributed by atoms with Crippen molar-refractivity contribution in [2.24, 2.45) is 11.8 Å². The van der Waals surface area contributed by atoms with Gasteiger partial charge in [0, 0.05) is 25.7 Å². The Bertz CT molecular complexity index is 1880. The summed E-state index contributed by atoms with van der Waals surface area (Å²) in [5, 5.41) is 10.6. The van der Waals surface area contributed by atoms with Crippen molar-refractivity contribution in [2.45, 2.75) is 426 Å². The SMILES string of the molecule is CCCCCCCCCCCCCCCCC(=O)O[C@H](COC(=O)CCCCCCCCCCCCC)COP(=O)(O)OC[C@H](O)COP(=O)(O)OC[C@@H](COC(=O)CCCCCCCCCCCCC(C)CC)OC(=O)CCCCCCCCCCCCCCCCC(C)CC. The van der Waals surface area contributed by atoms with Gasteiger partial charge in [-0.3, -0.25) is 37.3 Å². The molecule has 3 N–H and O–H groups in total. The van der Waals surface area contributed by atoms with Crippen LogP contribution in [-0.2, 0) is 65.4 Å². The minimum absolute atomic E-state index is 0.108. The maximum absolute atomic E-state index is 13.1. The molecule has 0 aliphatic rings. The number of carbonyl (C=O) groups excluding carboxylic acids is 4. The molecule has 0 spiro atoms. The number of aliphatic hydroxyl groups excluding tert-OH is 1. The van der Waals surface area contributed by atoms with Gasteiger partial charge in [-0.25, -0.2) is 9.13 Å². The second-order valence-electron chi connectivity index (χ2n) is 28.6. The molecule has 0 aromatic rings. The van der Waals surface area contributed by atoms with E-state index >= 15 is 0 Å². The van der Waals surface area contributed by atoms with E-state index in [4.69, 9.17) is 37.0 Å². The molecule has 7 atom stereocenters. The smallest absolute Gasteiger partial charge is 0.462 e. The normalized spacial score (nSPS) is 14.5. The molecule has 0 saturated heterocycles. The minimum Gasteiger partial charge on any atom is -0.462 e. The Kier molecular flexibility index (Phi) is 68.4. The van der Waals surface area contributed by atoms with E-state index in [0.717, 1.165) is 102 Å². The predicted molar refractivity (Wildman–Crippen MR) is 395 cm³/mol. The summed E-state index contributed by atoms with van der Waals surface area (Å²) in [5.74, 6) is -0.455. The summed E-state index contributed by atoms with van der Waals surface area (Å²) in [4.78, 5) is 72.9. The maximum Gasteiger partial charge on any atom is 0.472 e. The third-order valence-corrected chi connectivity index (χ3v) is 20.8. The summed E-state index contributed by atoms with van der Waals surface area (Å²) in [7, 11) is -9.91. The number of hydrogen-bond donors (Lipinski definition) is 3. The van der Waals surface area contributed by atoms with E-state index in [1.165, 1.54) is 225 Å². The van der Waals surface area contributed by atoms with Crippen LogP contribution in [-0.4, -0.2) is 96.7 Å². The number of aliphatic hydroxyl groups is 1. The van der Waals surface area contributed by atoms with Crippen LogP contribution in [0, 0.1) is 11.8 Å². The molecule has 0 aliphatic heterocycles. The minimum atomic E-state index is -4.96. The van der Waals surface area contributed by atoms with E-state index in [-0.39, 0.29) is 25.7 Å². The van der Waals surface area contributed by atoms with Crippen molar-refractivity contribution in [3.8, 4) is 0 Å². The fourth-order valence-electron chi connectivity index (χ4n) is 11.9. The number of rotatable bonds is 77. The van der Waals surface area contributed by atoms with Gasteiger partial charge in [0.15, 0.2) is 12.2 Å². The van der Waals surface area contributed by atoms with E-state index in [9.17, 15) is 43.2 Å². The van der Waals surface area contributed by atoms with Crippen LogP contribution in [0.15, 0.2) is 0 Å². The summed E-state index contributed by atoms with van der Waals surface area (Å²) >= 11 is 0. The Balaban J connectivity index is 5.26. The van der Waals surface area contributed by atoms with Crippen LogP contribution in [0.25, 0.3) is 0 Å². The van der Waals surface area contributed by atoms with E-state index in [0.29, 0.717) is 25.7 Å². The van der Waals surface area contributed by atoms with Crippen LogP contribution < -0.4 is 0 Å². The van der Waals surface area contributed by atoms with Crippen LogP contribution in [0.5, 0.6) is 0 Å². The molecule has 0 radical (unpaired) electrons. The number of carbonyl (C=O) groups is 4. The van der Waals surface area contributed by atoms with Gasteiger partial charge in [-0.2, -0.15) is 0 Å². The third kappa shape index (κ3) is 69.5. The van der Waals surface area contributed by atoms with Crippen LogP contribution >= 0.6 is 15.6 Å².